The van der Waals surface area contributed by atoms with Gasteiger partial charge in [0, 0.05) is 12.6 Å². The molecular formula is C13H19N3O3S. The Bertz CT molecular complexity index is 572. The summed E-state index contributed by atoms with van der Waals surface area (Å²) in [6.07, 6.45) is 0.611. The topological polar surface area (TPSA) is 105 Å². The lowest BCUT2D eigenvalue weighted by atomic mass is 9.97. The molecule has 0 bridgehead atoms. The molecule has 1 saturated heterocycles. The first kappa shape index (κ1) is 14.8. The summed E-state index contributed by atoms with van der Waals surface area (Å²) in [5, 5.41) is 15.2. The van der Waals surface area contributed by atoms with Crippen molar-refractivity contribution in [2.45, 2.75) is 18.4 Å². The molecule has 110 valence electrons. The Labute approximate surface area is 118 Å². The third-order valence-electron chi connectivity index (χ3n) is 3.52. The second-order valence-corrected chi connectivity index (χ2v) is 7.23. The Kier molecular flexibility index (Phi) is 4.61. The molecule has 0 saturated carbocycles. The van der Waals surface area contributed by atoms with Gasteiger partial charge >= 0.3 is 0 Å². The lowest BCUT2D eigenvalue weighted by molar-refractivity contribution is 0.315. The van der Waals surface area contributed by atoms with Crippen molar-refractivity contribution >= 4 is 15.7 Å². The fourth-order valence-electron chi connectivity index (χ4n) is 2.39. The van der Waals surface area contributed by atoms with E-state index in [9.17, 15) is 8.42 Å². The van der Waals surface area contributed by atoms with Gasteiger partial charge in [-0.15, -0.1) is 0 Å². The zero-order valence-electron chi connectivity index (χ0n) is 11.1. The highest BCUT2D eigenvalue weighted by Gasteiger charge is 2.28. The van der Waals surface area contributed by atoms with E-state index in [1.807, 2.05) is 30.3 Å². The number of hydrogen-bond donors (Lipinski definition) is 3. The molecular weight excluding hydrogens is 278 g/mol. The van der Waals surface area contributed by atoms with Gasteiger partial charge in [-0.2, -0.15) is 0 Å². The summed E-state index contributed by atoms with van der Waals surface area (Å²) in [4.78, 5) is 0. The Hall–Kier alpha value is -1.60. The van der Waals surface area contributed by atoms with Gasteiger partial charge in [-0.25, -0.2) is 8.42 Å². The van der Waals surface area contributed by atoms with Crippen molar-refractivity contribution in [1.82, 2.24) is 5.32 Å². The summed E-state index contributed by atoms with van der Waals surface area (Å²) in [5.74, 6) is 0.226. The standard InChI is InChI=1S/C13H19N3O3S/c14-13(16-17)12(10-4-2-1-3-5-10)8-15-11-6-7-20(18,19)9-11/h1-5,11-12,15,17H,6-9H2,(H2,14,16). The fourth-order valence-corrected chi connectivity index (χ4v) is 4.10. The number of sulfone groups is 1. The molecule has 0 radical (unpaired) electrons. The maximum Gasteiger partial charge on any atom is 0.151 e. The molecule has 6 nitrogen and oxygen atoms in total. The maximum atomic E-state index is 11.4. The number of nitrogens with zero attached hydrogens (tertiary/aromatic N) is 1. The highest BCUT2D eigenvalue weighted by Crippen LogP contribution is 2.17. The molecule has 2 rings (SSSR count). The Morgan fingerprint density at radius 2 is 2.15 bits per heavy atom. The van der Waals surface area contributed by atoms with Crippen molar-refractivity contribution in [3.63, 3.8) is 0 Å². The molecule has 2 atom stereocenters. The lowest BCUT2D eigenvalue weighted by Crippen LogP contribution is -2.37. The van der Waals surface area contributed by atoms with Crippen molar-refractivity contribution in [2.24, 2.45) is 10.9 Å². The maximum absolute atomic E-state index is 11.4. The van der Waals surface area contributed by atoms with Crippen LogP contribution in [-0.4, -0.2) is 43.6 Å². The van der Waals surface area contributed by atoms with E-state index in [4.69, 9.17) is 10.9 Å². The van der Waals surface area contributed by atoms with Crippen LogP contribution < -0.4 is 11.1 Å². The molecule has 0 aromatic heterocycles. The molecule has 1 aliphatic rings. The van der Waals surface area contributed by atoms with Crippen LogP contribution in [0.1, 0.15) is 17.9 Å². The molecule has 1 aromatic rings. The van der Waals surface area contributed by atoms with Crippen molar-refractivity contribution in [2.75, 3.05) is 18.1 Å². The van der Waals surface area contributed by atoms with Gasteiger partial charge in [0.25, 0.3) is 0 Å². The lowest BCUT2D eigenvalue weighted by Gasteiger charge is -2.19. The molecule has 1 fully saturated rings. The van der Waals surface area contributed by atoms with Gasteiger partial charge in [-0.05, 0) is 12.0 Å². The molecule has 1 aliphatic heterocycles. The van der Waals surface area contributed by atoms with E-state index in [2.05, 4.69) is 10.5 Å². The molecule has 0 spiro atoms. The van der Waals surface area contributed by atoms with Crippen molar-refractivity contribution in [1.29, 1.82) is 0 Å². The van der Waals surface area contributed by atoms with Crippen LogP contribution in [0.4, 0.5) is 0 Å². The van der Waals surface area contributed by atoms with Crippen LogP contribution in [0.25, 0.3) is 0 Å². The van der Waals surface area contributed by atoms with Crippen LogP contribution in [-0.2, 0) is 9.84 Å². The fraction of sp³-hybridized carbons (Fsp3) is 0.462. The largest absolute Gasteiger partial charge is 0.409 e. The highest BCUT2D eigenvalue weighted by molar-refractivity contribution is 7.91. The average Bonchev–Trinajstić information content (AvgIpc) is 2.79. The van der Waals surface area contributed by atoms with Gasteiger partial charge in [-0.1, -0.05) is 35.5 Å². The number of benzene rings is 1. The normalized spacial score (nSPS) is 23.6. The number of amidine groups is 1. The molecule has 1 heterocycles. The molecule has 2 unspecified atom stereocenters. The molecule has 7 heteroatoms. The summed E-state index contributed by atoms with van der Waals surface area (Å²) in [6, 6.07) is 9.40. The monoisotopic (exact) mass is 297 g/mol. The van der Waals surface area contributed by atoms with Crippen molar-refractivity contribution in [3.05, 3.63) is 35.9 Å². The number of rotatable bonds is 5. The van der Waals surface area contributed by atoms with E-state index in [1.54, 1.807) is 0 Å². The van der Waals surface area contributed by atoms with Crippen LogP contribution in [0.15, 0.2) is 35.5 Å². The minimum Gasteiger partial charge on any atom is -0.409 e. The van der Waals surface area contributed by atoms with E-state index in [1.165, 1.54) is 0 Å². The zero-order chi connectivity index (χ0) is 14.6. The number of oxime groups is 1. The Morgan fingerprint density at radius 1 is 1.45 bits per heavy atom. The number of nitrogens with two attached hydrogens (primary N) is 1. The number of hydrogen-bond acceptors (Lipinski definition) is 5. The highest BCUT2D eigenvalue weighted by atomic mass is 32.2. The van der Waals surface area contributed by atoms with Crippen LogP contribution in [0.5, 0.6) is 0 Å². The third-order valence-corrected chi connectivity index (χ3v) is 5.29. The van der Waals surface area contributed by atoms with Gasteiger partial charge in [0.1, 0.15) is 5.84 Å². The second kappa shape index (κ2) is 6.23. The van der Waals surface area contributed by atoms with Crippen LogP contribution in [0, 0.1) is 0 Å². The SMILES string of the molecule is NC(=NO)C(CNC1CCS(=O)(=O)C1)c1ccccc1. The van der Waals surface area contributed by atoms with Crippen LogP contribution in [0.2, 0.25) is 0 Å². The summed E-state index contributed by atoms with van der Waals surface area (Å²) in [7, 11) is -2.91. The minimum atomic E-state index is -2.91. The second-order valence-electron chi connectivity index (χ2n) is 5.00. The van der Waals surface area contributed by atoms with E-state index in [0.29, 0.717) is 13.0 Å². The average molecular weight is 297 g/mol. The summed E-state index contributed by atoms with van der Waals surface area (Å²) in [6.45, 7) is 0.445. The minimum absolute atomic E-state index is 0.0577. The van der Waals surface area contributed by atoms with Gasteiger partial charge in [-0.3, -0.25) is 0 Å². The summed E-state index contributed by atoms with van der Waals surface area (Å²) < 4.78 is 22.8. The predicted molar refractivity (Wildman–Crippen MR) is 77.7 cm³/mol. The quantitative estimate of drug-likeness (QED) is 0.314. The summed E-state index contributed by atoms with van der Waals surface area (Å²) >= 11 is 0. The van der Waals surface area contributed by atoms with E-state index >= 15 is 0 Å². The van der Waals surface area contributed by atoms with E-state index < -0.39 is 9.84 Å². The third kappa shape index (κ3) is 3.71. The number of nitrogens with one attached hydrogen (secondary N) is 1. The first-order valence-electron chi connectivity index (χ1n) is 6.48. The smallest absolute Gasteiger partial charge is 0.151 e. The molecule has 20 heavy (non-hydrogen) atoms. The van der Waals surface area contributed by atoms with Gasteiger partial charge in [0.2, 0.25) is 0 Å². The van der Waals surface area contributed by atoms with E-state index in [-0.39, 0.29) is 29.3 Å². The predicted octanol–water partition coefficient (Wildman–Crippen LogP) is 0.293. The molecule has 0 aliphatic carbocycles. The first-order chi connectivity index (χ1) is 9.52. The summed E-state index contributed by atoms with van der Waals surface area (Å²) in [5.41, 5.74) is 6.66. The van der Waals surface area contributed by atoms with Gasteiger partial charge in [0.15, 0.2) is 9.84 Å². The Balaban J connectivity index is 2.03. The van der Waals surface area contributed by atoms with Gasteiger partial charge in [0.05, 0.1) is 17.4 Å². The zero-order valence-corrected chi connectivity index (χ0v) is 11.9. The van der Waals surface area contributed by atoms with E-state index in [0.717, 1.165) is 5.56 Å². The van der Waals surface area contributed by atoms with Crippen molar-refractivity contribution in [3.8, 4) is 0 Å². The van der Waals surface area contributed by atoms with Crippen LogP contribution in [0.3, 0.4) is 0 Å². The Morgan fingerprint density at radius 3 is 2.70 bits per heavy atom. The molecule has 4 N–H and O–H groups in total. The van der Waals surface area contributed by atoms with Crippen LogP contribution >= 0.6 is 0 Å². The first-order valence-corrected chi connectivity index (χ1v) is 8.30. The molecule has 0 amide bonds. The van der Waals surface area contributed by atoms with Gasteiger partial charge < -0.3 is 16.3 Å². The molecule has 1 aromatic carbocycles. The van der Waals surface area contributed by atoms with Crippen molar-refractivity contribution < 1.29 is 13.6 Å².